The monoisotopic (exact) mass is 385 g/mol. The molecule has 0 amide bonds. The van der Waals surface area contributed by atoms with Crippen molar-refractivity contribution in [3.05, 3.63) is 71.5 Å². The number of nitrogens with two attached hydrogens (primary N) is 1. The third kappa shape index (κ3) is 5.64. The Labute approximate surface area is 161 Å². The molecular formula is C20H24N3O3P. The fourth-order valence-corrected chi connectivity index (χ4v) is 2.63. The first kappa shape index (κ1) is 20.6. The zero-order valence-electron chi connectivity index (χ0n) is 15.3. The van der Waals surface area contributed by atoms with Gasteiger partial charge in [0.15, 0.2) is 17.3 Å². The number of aliphatic hydroxyl groups is 1. The number of methoxy groups -OCH3 is 1. The Hall–Kier alpha value is -2.69. The van der Waals surface area contributed by atoms with Crippen LogP contribution in [0.1, 0.15) is 29.7 Å². The SMILES string of the molecule is COc1cc(C(N)/C=C\O)c(C(=N)N=C(C)P)cc1OCc1ccccc1. The molecule has 7 heteroatoms. The van der Waals surface area contributed by atoms with E-state index in [-0.39, 0.29) is 5.84 Å². The second-order valence-corrected chi connectivity index (χ2v) is 6.67. The molecule has 6 nitrogen and oxygen atoms in total. The molecule has 0 saturated carbocycles. The van der Waals surface area contributed by atoms with E-state index in [0.29, 0.717) is 34.7 Å². The molecule has 2 aromatic rings. The predicted molar refractivity (Wildman–Crippen MR) is 112 cm³/mol. The van der Waals surface area contributed by atoms with Crippen molar-refractivity contribution in [3.8, 4) is 11.5 Å². The van der Waals surface area contributed by atoms with Crippen molar-refractivity contribution in [2.75, 3.05) is 7.11 Å². The second-order valence-electron chi connectivity index (χ2n) is 5.83. The van der Waals surface area contributed by atoms with Gasteiger partial charge in [0, 0.05) is 11.0 Å². The van der Waals surface area contributed by atoms with Crippen LogP contribution in [0.5, 0.6) is 11.5 Å². The van der Waals surface area contributed by atoms with Crippen molar-refractivity contribution in [2.24, 2.45) is 10.7 Å². The Morgan fingerprint density at radius 3 is 2.59 bits per heavy atom. The summed E-state index contributed by atoms with van der Waals surface area (Å²) in [5, 5.41) is 17.4. The molecule has 0 aromatic heterocycles. The molecule has 0 radical (unpaired) electrons. The third-order valence-corrected chi connectivity index (χ3v) is 3.90. The quantitative estimate of drug-likeness (QED) is 0.291. The molecule has 2 unspecified atom stereocenters. The van der Waals surface area contributed by atoms with Crippen molar-refractivity contribution in [1.82, 2.24) is 0 Å². The van der Waals surface area contributed by atoms with Gasteiger partial charge >= 0.3 is 0 Å². The van der Waals surface area contributed by atoms with Gasteiger partial charge in [0.25, 0.3) is 0 Å². The summed E-state index contributed by atoms with van der Waals surface area (Å²) in [5.41, 5.74) is 8.91. The zero-order chi connectivity index (χ0) is 19.8. The molecule has 4 N–H and O–H groups in total. The molecule has 2 atom stereocenters. The number of aliphatic hydroxyl groups excluding tert-OH is 1. The minimum Gasteiger partial charge on any atom is -0.516 e. The van der Waals surface area contributed by atoms with Crippen LogP contribution in [-0.4, -0.2) is 23.5 Å². The summed E-state index contributed by atoms with van der Waals surface area (Å²) in [6, 6.07) is 12.5. The normalized spacial score (nSPS) is 12.8. The topological polar surface area (TPSA) is 101 Å². The van der Waals surface area contributed by atoms with Gasteiger partial charge in [-0.1, -0.05) is 39.6 Å². The lowest BCUT2D eigenvalue weighted by molar-refractivity contribution is 0.284. The van der Waals surface area contributed by atoms with Crippen LogP contribution in [0.25, 0.3) is 0 Å². The van der Waals surface area contributed by atoms with Crippen molar-refractivity contribution in [2.45, 2.75) is 19.6 Å². The van der Waals surface area contributed by atoms with Crippen molar-refractivity contribution >= 4 is 20.5 Å². The number of ether oxygens (including phenoxy) is 2. The van der Waals surface area contributed by atoms with Crippen LogP contribution in [0.15, 0.2) is 59.8 Å². The van der Waals surface area contributed by atoms with E-state index in [9.17, 15) is 0 Å². The maximum atomic E-state index is 9.06. The second kappa shape index (κ2) is 9.86. The number of hydrogen-bond donors (Lipinski definition) is 3. The first-order valence-electron chi connectivity index (χ1n) is 8.31. The van der Waals surface area contributed by atoms with E-state index in [0.717, 1.165) is 11.8 Å². The number of nitrogens with one attached hydrogen (secondary N) is 1. The predicted octanol–water partition coefficient (Wildman–Crippen LogP) is 3.96. The largest absolute Gasteiger partial charge is 0.516 e. The van der Waals surface area contributed by atoms with Gasteiger partial charge in [-0.05, 0) is 36.3 Å². The van der Waals surface area contributed by atoms with Gasteiger partial charge in [0.2, 0.25) is 0 Å². The lowest BCUT2D eigenvalue weighted by Crippen LogP contribution is -2.14. The maximum Gasteiger partial charge on any atom is 0.162 e. The van der Waals surface area contributed by atoms with E-state index >= 15 is 0 Å². The summed E-state index contributed by atoms with van der Waals surface area (Å²) in [6.07, 6.45) is 2.31. The average Bonchev–Trinajstić information content (AvgIpc) is 2.66. The number of nitrogens with zero attached hydrogens (tertiary/aromatic N) is 1. The maximum absolute atomic E-state index is 9.06. The third-order valence-electron chi connectivity index (χ3n) is 3.77. The Morgan fingerprint density at radius 1 is 1.30 bits per heavy atom. The Morgan fingerprint density at radius 2 is 2.00 bits per heavy atom. The molecule has 0 spiro atoms. The summed E-state index contributed by atoms with van der Waals surface area (Å²) < 4.78 is 11.4. The van der Waals surface area contributed by atoms with Crippen LogP contribution in [0.4, 0.5) is 0 Å². The first-order chi connectivity index (χ1) is 13.0. The molecule has 2 rings (SSSR count). The molecule has 0 heterocycles. The number of amidine groups is 1. The van der Waals surface area contributed by atoms with Gasteiger partial charge in [-0.2, -0.15) is 0 Å². The molecule has 0 bridgehead atoms. The van der Waals surface area contributed by atoms with Gasteiger partial charge < -0.3 is 20.3 Å². The summed E-state index contributed by atoms with van der Waals surface area (Å²) >= 11 is 0. The summed E-state index contributed by atoms with van der Waals surface area (Å²) in [7, 11) is 3.99. The Balaban J connectivity index is 2.46. The number of hydrogen-bond acceptors (Lipinski definition) is 5. The average molecular weight is 385 g/mol. The van der Waals surface area contributed by atoms with Gasteiger partial charge in [0.1, 0.15) is 6.61 Å². The highest BCUT2D eigenvalue weighted by molar-refractivity contribution is 7.40. The molecule has 2 aromatic carbocycles. The first-order valence-corrected chi connectivity index (χ1v) is 8.88. The van der Waals surface area contributed by atoms with Gasteiger partial charge in [-0.25, -0.2) is 4.99 Å². The fraction of sp³-hybridized carbons (Fsp3) is 0.200. The van der Waals surface area contributed by atoms with E-state index in [4.69, 9.17) is 25.7 Å². The highest BCUT2D eigenvalue weighted by atomic mass is 31.0. The molecule has 142 valence electrons. The molecule has 0 aliphatic rings. The molecular weight excluding hydrogens is 361 g/mol. The van der Waals surface area contributed by atoms with Crippen molar-refractivity contribution in [1.29, 1.82) is 5.41 Å². The van der Waals surface area contributed by atoms with Gasteiger partial charge in [-0.15, -0.1) is 0 Å². The minimum atomic E-state index is -0.623. The molecule has 0 aliphatic heterocycles. The fourth-order valence-electron chi connectivity index (χ4n) is 2.50. The van der Waals surface area contributed by atoms with Crippen molar-refractivity contribution < 1.29 is 14.6 Å². The summed E-state index contributed by atoms with van der Waals surface area (Å²) in [4.78, 5) is 4.19. The standard InChI is InChI=1S/C20H24N3O3P/c1-13(27)23-20(22)16-11-19(26-12-14-6-4-3-5-7-14)18(25-2)10-15(16)17(21)8-9-24/h3-11,17,22,24H,12,21,27H2,1-2H3/b9-8-,22-20?,23-13?. The van der Waals surface area contributed by atoms with Crippen LogP contribution < -0.4 is 15.2 Å². The van der Waals surface area contributed by atoms with Crippen LogP contribution in [0.2, 0.25) is 0 Å². The lowest BCUT2D eigenvalue weighted by atomic mass is 9.99. The van der Waals surface area contributed by atoms with E-state index in [1.165, 1.54) is 13.2 Å². The summed E-state index contributed by atoms with van der Waals surface area (Å²) in [5.74, 6) is 1.03. The highest BCUT2D eigenvalue weighted by Crippen LogP contribution is 2.34. The van der Waals surface area contributed by atoms with Gasteiger partial charge in [0.05, 0.1) is 19.4 Å². The van der Waals surface area contributed by atoms with E-state index in [1.807, 2.05) is 30.3 Å². The number of aliphatic imine (C=N–C) groups is 1. The van der Waals surface area contributed by atoms with Crippen LogP contribution >= 0.6 is 9.24 Å². The molecule has 0 fully saturated rings. The minimum absolute atomic E-state index is 0.0477. The smallest absolute Gasteiger partial charge is 0.162 e. The number of benzene rings is 2. The van der Waals surface area contributed by atoms with Crippen molar-refractivity contribution in [3.63, 3.8) is 0 Å². The Bertz CT molecular complexity index is 847. The number of rotatable bonds is 7. The van der Waals surface area contributed by atoms with Crippen LogP contribution in [0, 0.1) is 5.41 Å². The highest BCUT2D eigenvalue weighted by Gasteiger charge is 2.18. The lowest BCUT2D eigenvalue weighted by Gasteiger charge is -2.18. The molecule has 27 heavy (non-hydrogen) atoms. The van der Waals surface area contributed by atoms with E-state index in [1.54, 1.807) is 19.1 Å². The van der Waals surface area contributed by atoms with Gasteiger partial charge in [-0.3, -0.25) is 5.41 Å². The molecule has 0 saturated heterocycles. The van der Waals surface area contributed by atoms with Crippen LogP contribution in [0.3, 0.4) is 0 Å². The van der Waals surface area contributed by atoms with Crippen LogP contribution in [-0.2, 0) is 6.61 Å². The zero-order valence-corrected chi connectivity index (χ0v) is 16.5. The van der Waals surface area contributed by atoms with E-state index in [2.05, 4.69) is 14.2 Å². The Kier molecular flexibility index (Phi) is 7.53. The molecule has 0 aliphatic carbocycles. The van der Waals surface area contributed by atoms with E-state index < -0.39 is 6.04 Å². The summed E-state index contributed by atoms with van der Waals surface area (Å²) in [6.45, 7) is 2.14.